The third-order valence-corrected chi connectivity index (χ3v) is 6.02. The molecule has 1 aliphatic carbocycles. The van der Waals surface area contributed by atoms with Crippen LogP contribution in [0, 0.1) is 5.92 Å². The molecule has 21 heavy (non-hydrogen) atoms. The van der Waals surface area contributed by atoms with E-state index in [-0.39, 0.29) is 5.09 Å². The first-order chi connectivity index (χ1) is 9.91. The van der Waals surface area contributed by atoms with E-state index in [2.05, 4.69) is 12.2 Å². The van der Waals surface area contributed by atoms with Crippen LogP contribution in [0.1, 0.15) is 44.8 Å². The van der Waals surface area contributed by atoms with Crippen molar-refractivity contribution in [2.24, 2.45) is 5.92 Å². The summed E-state index contributed by atoms with van der Waals surface area (Å²) in [7, 11) is -0.474. The van der Waals surface area contributed by atoms with Gasteiger partial charge in [-0.25, -0.2) is 12.7 Å². The standard InChI is InChI=1S/C15H26N2O3S/c1-12(13-7-5-4-6-8-13)16-11-14-9-10-15(20-14)21(18,19)17(2)3/h9-10,12-13,16H,4-8,11H2,1-3H3. The fraction of sp³-hybridized carbons (Fsp3) is 0.733. The van der Waals surface area contributed by atoms with Crippen molar-refractivity contribution < 1.29 is 12.8 Å². The summed E-state index contributed by atoms with van der Waals surface area (Å²) >= 11 is 0. The van der Waals surface area contributed by atoms with Crippen molar-refractivity contribution in [2.45, 2.75) is 56.7 Å². The minimum atomic E-state index is -3.48. The lowest BCUT2D eigenvalue weighted by molar-refractivity contribution is 0.273. The lowest BCUT2D eigenvalue weighted by atomic mass is 9.84. The van der Waals surface area contributed by atoms with E-state index in [1.54, 1.807) is 6.07 Å². The number of hydrogen-bond acceptors (Lipinski definition) is 4. The van der Waals surface area contributed by atoms with Crippen LogP contribution >= 0.6 is 0 Å². The Morgan fingerprint density at radius 2 is 1.95 bits per heavy atom. The summed E-state index contributed by atoms with van der Waals surface area (Å²) < 4.78 is 30.5. The smallest absolute Gasteiger partial charge is 0.275 e. The first-order valence-electron chi connectivity index (χ1n) is 7.66. The Hall–Kier alpha value is -0.850. The van der Waals surface area contributed by atoms with Crippen molar-refractivity contribution in [1.29, 1.82) is 0 Å². The van der Waals surface area contributed by atoms with Crippen molar-refractivity contribution in [3.63, 3.8) is 0 Å². The van der Waals surface area contributed by atoms with E-state index in [4.69, 9.17) is 4.42 Å². The Labute approximate surface area is 127 Å². The van der Waals surface area contributed by atoms with Gasteiger partial charge in [-0.05, 0) is 37.8 Å². The molecule has 1 atom stereocenters. The van der Waals surface area contributed by atoms with Crippen LogP contribution in [0.25, 0.3) is 0 Å². The molecule has 1 saturated carbocycles. The SMILES string of the molecule is CC(NCc1ccc(S(=O)(=O)N(C)C)o1)C1CCCCC1. The summed E-state index contributed by atoms with van der Waals surface area (Å²) in [6.07, 6.45) is 6.57. The van der Waals surface area contributed by atoms with E-state index in [0.717, 1.165) is 10.2 Å². The van der Waals surface area contributed by atoms with E-state index >= 15 is 0 Å². The number of nitrogens with one attached hydrogen (secondary N) is 1. The minimum Gasteiger partial charge on any atom is -0.447 e. The Bertz CT molecular complexity index is 545. The number of sulfonamides is 1. The Morgan fingerprint density at radius 1 is 1.29 bits per heavy atom. The summed E-state index contributed by atoms with van der Waals surface area (Å²) in [6, 6.07) is 3.69. The predicted molar refractivity (Wildman–Crippen MR) is 82.5 cm³/mol. The maximum absolute atomic E-state index is 11.9. The fourth-order valence-corrected chi connectivity index (χ4v) is 3.65. The molecule has 2 rings (SSSR count). The monoisotopic (exact) mass is 314 g/mol. The molecular formula is C15H26N2O3S. The third-order valence-electron chi connectivity index (χ3n) is 4.33. The van der Waals surface area contributed by atoms with Gasteiger partial charge in [-0.1, -0.05) is 19.3 Å². The summed E-state index contributed by atoms with van der Waals surface area (Å²) in [6.45, 7) is 2.77. The maximum Gasteiger partial charge on any atom is 0.275 e. The van der Waals surface area contributed by atoms with E-state index in [0.29, 0.717) is 18.3 Å². The van der Waals surface area contributed by atoms with Gasteiger partial charge in [0.05, 0.1) is 6.54 Å². The second-order valence-corrected chi connectivity index (χ2v) is 8.16. The van der Waals surface area contributed by atoms with Crippen molar-refractivity contribution in [1.82, 2.24) is 9.62 Å². The molecule has 1 N–H and O–H groups in total. The molecule has 1 heterocycles. The quantitative estimate of drug-likeness (QED) is 0.876. The average molecular weight is 314 g/mol. The van der Waals surface area contributed by atoms with Gasteiger partial charge in [0, 0.05) is 20.1 Å². The summed E-state index contributed by atoms with van der Waals surface area (Å²) in [5.74, 6) is 1.39. The van der Waals surface area contributed by atoms with Gasteiger partial charge in [-0.2, -0.15) is 0 Å². The zero-order valence-corrected chi connectivity index (χ0v) is 13.9. The van der Waals surface area contributed by atoms with Gasteiger partial charge >= 0.3 is 0 Å². The van der Waals surface area contributed by atoms with Gasteiger partial charge in [0.2, 0.25) is 5.09 Å². The highest BCUT2D eigenvalue weighted by Crippen LogP contribution is 2.26. The number of hydrogen-bond donors (Lipinski definition) is 1. The Morgan fingerprint density at radius 3 is 2.57 bits per heavy atom. The van der Waals surface area contributed by atoms with Crippen LogP contribution in [-0.2, 0) is 16.6 Å². The Balaban J connectivity index is 1.91. The molecule has 0 saturated heterocycles. The molecule has 1 aliphatic rings. The molecule has 0 aromatic carbocycles. The van der Waals surface area contributed by atoms with Gasteiger partial charge in [0.1, 0.15) is 5.76 Å². The largest absolute Gasteiger partial charge is 0.447 e. The van der Waals surface area contributed by atoms with Crippen LogP contribution in [0.2, 0.25) is 0 Å². The zero-order chi connectivity index (χ0) is 15.5. The summed E-state index contributed by atoms with van der Waals surface area (Å²) in [5.41, 5.74) is 0. The van der Waals surface area contributed by atoms with Crippen molar-refractivity contribution in [3.05, 3.63) is 17.9 Å². The predicted octanol–water partition coefficient (Wildman–Crippen LogP) is 2.59. The first-order valence-corrected chi connectivity index (χ1v) is 9.10. The molecule has 0 amide bonds. The fourth-order valence-electron chi connectivity index (χ4n) is 2.83. The molecule has 0 spiro atoms. The second-order valence-electron chi connectivity index (χ2n) is 6.08. The van der Waals surface area contributed by atoms with Crippen LogP contribution in [0.3, 0.4) is 0 Å². The van der Waals surface area contributed by atoms with Crippen LogP contribution in [0.4, 0.5) is 0 Å². The van der Waals surface area contributed by atoms with Crippen molar-refractivity contribution >= 4 is 10.0 Å². The summed E-state index contributed by atoms with van der Waals surface area (Å²) in [4.78, 5) is 0. The van der Waals surface area contributed by atoms with Gasteiger partial charge in [0.25, 0.3) is 10.0 Å². The molecule has 5 nitrogen and oxygen atoms in total. The summed E-state index contributed by atoms with van der Waals surface area (Å²) in [5, 5.41) is 3.47. The third kappa shape index (κ3) is 4.08. The van der Waals surface area contributed by atoms with E-state index in [9.17, 15) is 8.42 Å². The van der Waals surface area contributed by atoms with Gasteiger partial charge in [-0.15, -0.1) is 0 Å². The highest BCUT2D eigenvalue weighted by Gasteiger charge is 2.22. The van der Waals surface area contributed by atoms with Crippen LogP contribution < -0.4 is 5.32 Å². The molecule has 0 radical (unpaired) electrons. The normalized spacial score (nSPS) is 19.0. The molecule has 6 heteroatoms. The van der Waals surface area contributed by atoms with Crippen molar-refractivity contribution in [3.8, 4) is 0 Å². The minimum absolute atomic E-state index is 0.00891. The molecule has 1 aromatic rings. The number of rotatable bonds is 6. The van der Waals surface area contributed by atoms with Crippen LogP contribution in [0.5, 0.6) is 0 Å². The van der Waals surface area contributed by atoms with E-state index in [1.165, 1.54) is 52.3 Å². The lowest BCUT2D eigenvalue weighted by Crippen LogP contribution is -2.34. The van der Waals surface area contributed by atoms with E-state index in [1.807, 2.05) is 0 Å². The van der Waals surface area contributed by atoms with Crippen molar-refractivity contribution in [2.75, 3.05) is 14.1 Å². The van der Waals surface area contributed by atoms with E-state index < -0.39 is 10.0 Å². The van der Waals surface area contributed by atoms with Crippen LogP contribution in [0.15, 0.2) is 21.6 Å². The molecule has 0 aliphatic heterocycles. The topological polar surface area (TPSA) is 62.6 Å². The lowest BCUT2D eigenvalue weighted by Gasteiger charge is -2.28. The first kappa shape index (κ1) is 16.5. The molecular weight excluding hydrogens is 288 g/mol. The van der Waals surface area contributed by atoms with Gasteiger partial charge in [-0.3, -0.25) is 0 Å². The van der Waals surface area contributed by atoms with Gasteiger partial charge < -0.3 is 9.73 Å². The molecule has 0 bridgehead atoms. The van der Waals surface area contributed by atoms with Gasteiger partial charge in [0.15, 0.2) is 0 Å². The number of nitrogens with zero attached hydrogens (tertiary/aromatic N) is 1. The second kappa shape index (κ2) is 6.94. The average Bonchev–Trinajstić information content (AvgIpc) is 2.95. The number of furan rings is 1. The molecule has 1 fully saturated rings. The highest BCUT2D eigenvalue weighted by molar-refractivity contribution is 7.88. The Kier molecular flexibility index (Phi) is 5.46. The molecule has 1 unspecified atom stereocenters. The molecule has 120 valence electrons. The molecule has 1 aromatic heterocycles. The maximum atomic E-state index is 11.9. The van der Waals surface area contributed by atoms with Crippen LogP contribution in [-0.4, -0.2) is 32.9 Å². The zero-order valence-electron chi connectivity index (χ0n) is 13.1. The highest BCUT2D eigenvalue weighted by atomic mass is 32.2.